The standard InChI is InChI=1S/C14H9F3N2O4S/c1-22-13(21)12-10(20)5-11(24-12)19-6-18-8-4-7(2-3-9(8)19)23-14(15,16)17/h2-6,20H,1H3. The number of ether oxygens (including phenoxy) is 2. The van der Waals surface area contributed by atoms with Gasteiger partial charge in [-0.2, -0.15) is 0 Å². The molecule has 0 spiro atoms. The number of alkyl halides is 3. The fourth-order valence-corrected chi connectivity index (χ4v) is 3.05. The molecule has 2 aromatic heterocycles. The first-order valence-electron chi connectivity index (χ1n) is 6.43. The first-order chi connectivity index (χ1) is 11.3. The molecule has 0 bridgehead atoms. The molecule has 1 aromatic carbocycles. The van der Waals surface area contributed by atoms with E-state index in [2.05, 4.69) is 14.5 Å². The van der Waals surface area contributed by atoms with Crippen molar-refractivity contribution < 1.29 is 32.5 Å². The van der Waals surface area contributed by atoms with Crippen molar-refractivity contribution in [3.8, 4) is 16.5 Å². The molecule has 3 rings (SSSR count). The molecule has 0 aliphatic carbocycles. The van der Waals surface area contributed by atoms with Crippen LogP contribution in [0.15, 0.2) is 30.6 Å². The number of nitrogens with zero attached hydrogens (tertiary/aromatic N) is 2. The Morgan fingerprint density at radius 3 is 2.75 bits per heavy atom. The number of hydrogen-bond donors (Lipinski definition) is 1. The Morgan fingerprint density at radius 2 is 2.08 bits per heavy atom. The zero-order valence-electron chi connectivity index (χ0n) is 12.0. The molecule has 0 atom stereocenters. The van der Waals surface area contributed by atoms with Crippen LogP contribution in [0.25, 0.3) is 16.0 Å². The summed E-state index contributed by atoms with van der Waals surface area (Å²) in [6.45, 7) is 0. The normalized spacial score (nSPS) is 11.7. The number of halogens is 3. The molecule has 2 heterocycles. The van der Waals surface area contributed by atoms with Gasteiger partial charge in [0.05, 0.1) is 18.1 Å². The molecule has 0 radical (unpaired) electrons. The van der Waals surface area contributed by atoms with Crippen molar-refractivity contribution in [2.45, 2.75) is 6.36 Å². The van der Waals surface area contributed by atoms with E-state index >= 15 is 0 Å². The number of carbonyl (C=O) groups excluding carboxylic acids is 1. The Morgan fingerprint density at radius 1 is 1.33 bits per heavy atom. The Balaban J connectivity index is 2.01. The summed E-state index contributed by atoms with van der Waals surface area (Å²) in [5.41, 5.74) is 0.756. The molecule has 1 N–H and O–H groups in total. The quantitative estimate of drug-likeness (QED) is 0.726. The van der Waals surface area contributed by atoms with Crippen LogP contribution in [0.5, 0.6) is 11.5 Å². The third-order valence-corrected chi connectivity index (χ3v) is 4.16. The molecule has 6 nitrogen and oxygen atoms in total. The number of thiophene rings is 1. The number of aromatic hydroxyl groups is 1. The molecule has 24 heavy (non-hydrogen) atoms. The molecule has 0 fully saturated rings. The van der Waals surface area contributed by atoms with E-state index < -0.39 is 12.3 Å². The van der Waals surface area contributed by atoms with Gasteiger partial charge < -0.3 is 14.6 Å². The highest BCUT2D eigenvalue weighted by atomic mass is 32.1. The number of hydrogen-bond acceptors (Lipinski definition) is 6. The molecule has 0 aliphatic heterocycles. The highest BCUT2D eigenvalue weighted by Crippen LogP contribution is 2.34. The van der Waals surface area contributed by atoms with Crippen LogP contribution in [0.3, 0.4) is 0 Å². The van der Waals surface area contributed by atoms with Crippen LogP contribution in [-0.2, 0) is 4.74 Å². The Labute approximate surface area is 136 Å². The number of rotatable bonds is 3. The highest BCUT2D eigenvalue weighted by Gasteiger charge is 2.31. The summed E-state index contributed by atoms with van der Waals surface area (Å²) >= 11 is 0.966. The van der Waals surface area contributed by atoms with Gasteiger partial charge in [-0.3, -0.25) is 4.57 Å². The van der Waals surface area contributed by atoms with Gasteiger partial charge in [-0.25, -0.2) is 9.78 Å². The van der Waals surface area contributed by atoms with E-state index in [1.54, 1.807) is 0 Å². The first-order valence-corrected chi connectivity index (χ1v) is 7.24. The van der Waals surface area contributed by atoms with E-state index in [0.29, 0.717) is 10.5 Å². The maximum atomic E-state index is 12.3. The second-order valence-electron chi connectivity index (χ2n) is 4.60. The smallest absolute Gasteiger partial charge is 0.506 e. The van der Waals surface area contributed by atoms with Crippen molar-refractivity contribution in [3.05, 3.63) is 35.5 Å². The maximum absolute atomic E-state index is 12.3. The lowest BCUT2D eigenvalue weighted by molar-refractivity contribution is -0.274. The van der Waals surface area contributed by atoms with E-state index in [1.807, 2.05) is 0 Å². The lowest BCUT2D eigenvalue weighted by Gasteiger charge is -2.08. The average molecular weight is 358 g/mol. The number of fused-ring (bicyclic) bond motifs is 1. The number of aromatic nitrogens is 2. The molecule has 3 aromatic rings. The third-order valence-electron chi connectivity index (χ3n) is 3.06. The van der Waals surface area contributed by atoms with Crippen LogP contribution in [0.1, 0.15) is 9.67 Å². The van der Waals surface area contributed by atoms with Crippen LogP contribution in [0.4, 0.5) is 13.2 Å². The number of esters is 1. The van der Waals surface area contributed by atoms with Crippen molar-refractivity contribution in [1.82, 2.24) is 9.55 Å². The summed E-state index contributed by atoms with van der Waals surface area (Å²) in [7, 11) is 1.19. The van der Waals surface area contributed by atoms with Crippen molar-refractivity contribution in [2.75, 3.05) is 7.11 Å². The van der Waals surface area contributed by atoms with E-state index in [9.17, 15) is 23.1 Å². The first kappa shape index (κ1) is 16.1. The Bertz CT molecular complexity index is 917. The van der Waals surface area contributed by atoms with Gasteiger partial charge in [0.25, 0.3) is 0 Å². The molecule has 0 amide bonds. The molecule has 0 unspecified atom stereocenters. The summed E-state index contributed by atoms with van der Waals surface area (Å²) < 4.78 is 46.7. The summed E-state index contributed by atoms with van der Waals surface area (Å²) in [6.07, 6.45) is -3.42. The van der Waals surface area contributed by atoms with Crippen LogP contribution in [0.2, 0.25) is 0 Å². The molecule has 0 saturated carbocycles. The number of benzene rings is 1. The van der Waals surface area contributed by atoms with Crippen LogP contribution >= 0.6 is 11.3 Å². The minimum Gasteiger partial charge on any atom is -0.506 e. The third kappa shape index (κ3) is 3.00. The molecular formula is C14H9F3N2O4S. The maximum Gasteiger partial charge on any atom is 0.573 e. The molecule has 126 valence electrons. The van der Waals surface area contributed by atoms with Gasteiger partial charge >= 0.3 is 12.3 Å². The van der Waals surface area contributed by atoms with Crippen molar-refractivity contribution in [1.29, 1.82) is 0 Å². The monoisotopic (exact) mass is 358 g/mol. The van der Waals surface area contributed by atoms with Crippen molar-refractivity contribution in [3.63, 3.8) is 0 Å². The lowest BCUT2D eigenvalue weighted by Crippen LogP contribution is -2.17. The van der Waals surface area contributed by atoms with Gasteiger partial charge in [0.1, 0.15) is 22.8 Å². The molecule has 0 aliphatic rings. The van der Waals surface area contributed by atoms with Crippen molar-refractivity contribution in [2.24, 2.45) is 0 Å². The van der Waals surface area contributed by atoms with Crippen molar-refractivity contribution >= 4 is 28.3 Å². The second-order valence-corrected chi connectivity index (χ2v) is 5.63. The van der Waals surface area contributed by atoms with Gasteiger partial charge in [0.2, 0.25) is 0 Å². The minimum absolute atomic E-state index is 0.0198. The van der Waals surface area contributed by atoms with E-state index in [0.717, 1.165) is 23.5 Å². The van der Waals surface area contributed by atoms with E-state index in [-0.39, 0.29) is 21.9 Å². The number of carbonyl (C=O) groups is 1. The van der Waals surface area contributed by atoms with Gasteiger partial charge in [-0.05, 0) is 12.1 Å². The fraction of sp³-hybridized carbons (Fsp3) is 0.143. The summed E-state index contributed by atoms with van der Waals surface area (Å²) in [4.78, 5) is 15.6. The SMILES string of the molecule is COC(=O)c1sc(-n2cnc3cc(OC(F)(F)F)ccc32)cc1O. The minimum atomic E-state index is -4.79. The predicted octanol–water partition coefficient (Wildman–Crippen LogP) is 3.48. The topological polar surface area (TPSA) is 73.6 Å². The summed E-state index contributed by atoms with van der Waals surface area (Å²) in [5.74, 6) is -1.32. The van der Waals surface area contributed by atoms with Gasteiger partial charge in [0, 0.05) is 12.1 Å². The predicted molar refractivity (Wildman–Crippen MR) is 78.6 cm³/mol. The van der Waals surface area contributed by atoms with Gasteiger partial charge in [-0.1, -0.05) is 0 Å². The number of imidazole rings is 1. The van der Waals surface area contributed by atoms with Crippen LogP contribution in [-0.4, -0.2) is 34.1 Å². The van der Waals surface area contributed by atoms with E-state index in [1.165, 1.54) is 30.1 Å². The highest BCUT2D eigenvalue weighted by molar-refractivity contribution is 7.16. The Kier molecular flexibility index (Phi) is 3.84. The van der Waals surface area contributed by atoms with Gasteiger partial charge in [0.15, 0.2) is 4.88 Å². The summed E-state index contributed by atoms with van der Waals surface area (Å²) in [6, 6.07) is 5.05. The molecule has 0 saturated heterocycles. The summed E-state index contributed by atoms with van der Waals surface area (Å²) in [5, 5.41) is 10.3. The zero-order chi connectivity index (χ0) is 17.5. The largest absolute Gasteiger partial charge is 0.573 e. The second kappa shape index (κ2) is 5.71. The average Bonchev–Trinajstić information content (AvgIpc) is 3.07. The fourth-order valence-electron chi connectivity index (χ4n) is 2.09. The number of methoxy groups -OCH3 is 1. The lowest BCUT2D eigenvalue weighted by atomic mass is 10.3. The zero-order valence-corrected chi connectivity index (χ0v) is 12.8. The Hall–Kier alpha value is -2.75. The molecular weight excluding hydrogens is 349 g/mol. The van der Waals surface area contributed by atoms with Gasteiger partial charge in [-0.15, -0.1) is 24.5 Å². The van der Waals surface area contributed by atoms with E-state index in [4.69, 9.17) is 0 Å². The molecule has 10 heteroatoms. The van der Waals surface area contributed by atoms with Crippen LogP contribution < -0.4 is 4.74 Å². The van der Waals surface area contributed by atoms with Crippen LogP contribution in [0, 0.1) is 0 Å².